The Morgan fingerprint density at radius 1 is 1.18 bits per heavy atom. The first kappa shape index (κ1) is 22.2. The highest BCUT2D eigenvalue weighted by molar-refractivity contribution is 9.11. The number of aromatic nitrogens is 3. The first-order valence-electron chi connectivity index (χ1n) is 10.7. The molecule has 1 aliphatic carbocycles. The number of imidazole rings is 1. The van der Waals surface area contributed by atoms with Gasteiger partial charge in [-0.05, 0) is 71.9 Å². The number of hydrogen-bond donors (Lipinski definition) is 2. The van der Waals surface area contributed by atoms with Crippen LogP contribution in [0.5, 0.6) is 0 Å². The molecule has 7 nitrogen and oxygen atoms in total. The Morgan fingerprint density at radius 3 is 2.79 bits per heavy atom. The Kier molecular flexibility index (Phi) is 6.31. The Balaban J connectivity index is 1.47. The van der Waals surface area contributed by atoms with Gasteiger partial charge < -0.3 is 15.2 Å². The summed E-state index contributed by atoms with van der Waals surface area (Å²) in [5.74, 6) is 0.651. The molecule has 3 aromatic heterocycles. The van der Waals surface area contributed by atoms with E-state index in [0.717, 1.165) is 51.3 Å². The second-order valence-corrected chi connectivity index (χ2v) is 11.4. The van der Waals surface area contributed by atoms with Crippen LogP contribution in [0.15, 0.2) is 45.7 Å². The van der Waals surface area contributed by atoms with E-state index in [9.17, 15) is 9.59 Å². The Hall–Kier alpha value is -2.56. The molecule has 33 heavy (non-hydrogen) atoms. The van der Waals surface area contributed by atoms with E-state index in [1.165, 1.54) is 11.3 Å². The van der Waals surface area contributed by atoms with E-state index in [4.69, 9.17) is 4.98 Å². The smallest absolute Gasteiger partial charge is 0.261 e. The number of carbonyl (C=O) groups is 2. The van der Waals surface area contributed by atoms with E-state index in [1.807, 2.05) is 35.7 Å². The molecule has 5 rings (SSSR count). The van der Waals surface area contributed by atoms with Gasteiger partial charge in [0.05, 0.1) is 19.7 Å². The molecule has 1 aromatic carbocycles. The fourth-order valence-corrected chi connectivity index (χ4v) is 6.37. The lowest BCUT2D eigenvalue weighted by atomic mass is 9.90. The molecular weight excluding hydrogens is 522 g/mol. The van der Waals surface area contributed by atoms with Crippen molar-refractivity contribution in [3.63, 3.8) is 0 Å². The van der Waals surface area contributed by atoms with Gasteiger partial charge in [-0.15, -0.1) is 22.7 Å². The molecule has 2 atom stereocenters. The van der Waals surface area contributed by atoms with Gasteiger partial charge in [-0.25, -0.2) is 9.97 Å². The van der Waals surface area contributed by atoms with Gasteiger partial charge in [-0.1, -0.05) is 0 Å². The van der Waals surface area contributed by atoms with Crippen molar-refractivity contribution in [1.29, 1.82) is 0 Å². The van der Waals surface area contributed by atoms with Crippen LogP contribution in [0.1, 0.15) is 51.8 Å². The number of carbonyl (C=O) groups excluding carboxylic acids is 2. The molecule has 2 unspecified atom stereocenters. The fourth-order valence-electron chi connectivity index (χ4n) is 4.46. The molecule has 2 amide bonds. The summed E-state index contributed by atoms with van der Waals surface area (Å²) in [7, 11) is 1.62. The molecule has 10 heteroatoms. The maximum absolute atomic E-state index is 12.7. The van der Waals surface area contributed by atoms with Gasteiger partial charge in [-0.2, -0.15) is 0 Å². The maximum atomic E-state index is 12.7. The molecule has 0 saturated heterocycles. The van der Waals surface area contributed by atoms with Crippen molar-refractivity contribution in [1.82, 2.24) is 25.2 Å². The summed E-state index contributed by atoms with van der Waals surface area (Å²) < 4.78 is 3.20. The van der Waals surface area contributed by atoms with Crippen LogP contribution in [0, 0.1) is 0 Å². The predicted octanol–water partition coefficient (Wildman–Crippen LogP) is 5.26. The number of thiazole rings is 1. The minimum absolute atomic E-state index is 0.0257. The third kappa shape index (κ3) is 4.47. The monoisotopic (exact) mass is 543 g/mol. The lowest BCUT2D eigenvalue weighted by Gasteiger charge is -2.31. The molecule has 2 N–H and O–H groups in total. The molecule has 0 radical (unpaired) electrons. The largest absolute Gasteiger partial charge is 0.355 e. The molecule has 1 aliphatic rings. The molecule has 0 bridgehead atoms. The molecule has 170 valence electrons. The SMILES string of the molecule is CNC(=O)c1ccc2c(c1)nc(-c1nccs1)n2C1CCCC(NC(=O)c2ccc(Br)s2)C1. The number of hydrogen-bond acceptors (Lipinski definition) is 6. The first-order valence-corrected chi connectivity index (χ1v) is 13.2. The zero-order valence-electron chi connectivity index (χ0n) is 17.9. The average Bonchev–Trinajstić information content (AvgIpc) is 3.57. The Morgan fingerprint density at radius 2 is 2.06 bits per heavy atom. The minimum atomic E-state index is -0.136. The third-order valence-electron chi connectivity index (χ3n) is 5.95. The quantitative estimate of drug-likeness (QED) is 0.359. The van der Waals surface area contributed by atoms with Gasteiger partial charge in [0.25, 0.3) is 11.8 Å². The van der Waals surface area contributed by atoms with Crippen molar-refractivity contribution in [2.24, 2.45) is 0 Å². The van der Waals surface area contributed by atoms with E-state index < -0.39 is 0 Å². The van der Waals surface area contributed by atoms with Crippen molar-refractivity contribution in [2.75, 3.05) is 7.05 Å². The lowest BCUT2D eigenvalue weighted by Crippen LogP contribution is -2.38. The van der Waals surface area contributed by atoms with E-state index >= 15 is 0 Å². The third-order valence-corrected chi connectivity index (χ3v) is 8.34. The summed E-state index contributed by atoms with van der Waals surface area (Å²) in [4.78, 5) is 35.0. The Labute approximate surface area is 207 Å². The predicted molar refractivity (Wildman–Crippen MR) is 135 cm³/mol. The van der Waals surface area contributed by atoms with Gasteiger partial charge in [0.1, 0.15) is 0 Å². The molecular formula is C23H22BrN5O2S2. The van der Waals surface area contributed by atoms with Crippen molar-refractivity contribution in [2.45, 2.75) is 37.8 Å². The van der Waals surface area contributed by atoms with Crippen LogP contribution in [0.25, 0.3) is 21.9 Å². The molecule has 0 spiro atoms. The van der Waals surface area contributed by atoms with E-state index in [1.54, 1.807) is 24.6 Å². The topological polar surface area (TPSA) is 88.9 Å². The van der Waals surface area contributed by atoms with E-state index in [-0.39, 0.29) is 23.9 Å². The summed E-state index contributed by atoms with van der Waals surface area (Å²) >= 11 is 6.42. The molecule has 4 aromatic rings. The van der Waals surface area contributed by atoms with E-state index in [2.05, 4.69) is 36.1 Å². The summed E-state index contributed by atoms with van der Waals surface area (Å²) in [6.45, 7) is 0. The highest BCUT2D eigenvalue weighted by Gasteiger charge is 2.29. The molecule has 1 saturated carbocycles. The number of amides is 2. The number of halogens is 1. The number of benzene rings is 1. The van der Waals surface area contributed by atoms with Crippen LogP contribution < -0.4 is 10.6 Å². The van der Waals surface area contributed by atoms with Gasteiger partial charge in [-0.3, -0.25) is 9.59 Å². The summed E-state index contributed by atoms with van der Waals surface area (Å²) in [5.41, 5.74) is 2.33. The van der Waals surface area contributed by atoms with Crippen molar-refractivity contribution in [3.8, 4) is 10.8 Å². The molecule has 3 heterocycles. The number of nitrogens with zero attached hydrogens (tertiary/aromatic N) is 3. The lowest BCUT2D eigenvalue weighted by molar-refractivity contribution is 0.0923. The van der Waals surface area contributed by atoms with Gasteiger partial charge in [0.15, 0.2) is 10.8 Å². The standard InChI is InChI=1S/C23H22BrN5O2S2/c1-25-21(30)13-5-6-17-16(11-13)28-20(23-26-9-10-32-23)29(17)15-4-2-3-14(12-15)27-22(31)18-7-8-19(24)33-18/h5-11,14-15H,2-4,12H2,1H3,(H,25,30)(H,27,31). The van der Waals surface area contributed by atoms with Gasteiger partial charge in [0, 0.05) is 36.3 Å². The van der Waals surface area contributed by atoms with E-state index in [0.29, 0.717) is 10.4 Å². The first-order chi connectivity index (χ1) is 16.0. The summed E-state index contributed by atoms with van der Waals surface area (Å²) in [6.07, 6.45) is 5.56. The van der Waals surface area contributed by atoms with Crippen molar-refractivity contribution >= 4 is 61.5 Å². The normalized spacial score (nSPS) is 18.4. The van der Waals surface area contributed by atoms with Gasteiger partial charge in [0.2, 0.25) is 0 Å². The van der Waals surface area contributed by atoms with Crippen LogP contribution in [0.3, 0.4) is 0 Å². The molecule has 1 fully saturated rings. The Bertz CT molecular complexity index is 1310. The summed E-state index contributed by atoms with van der Waals surface area (Å²) in [6, 6.07) is 9.64. The second-order valence-electron chi connectivity index (χ2n) is 8.02. The fraction of sp³-hybridized carbons (Fsp3) is 0.304. The number of rotatable bonds is 5. The van der Waals surface area contributed by atoms with Crippen LogP contribution >= 0.6 is 38.6 Å². The zero-order chi connectivity index (χ0) is 22.9. The highest BCUT2D eigenvalue weighted by atomic mass is 79.9. The van der Waals surface area contributed by atoms with Crippen LogP contribution in [0.4, 0.5) is 0 Å². The van der Waals surface area contributed by atoms with Crippen LogP contribution in [-0.2, 0) is 0 Å². The van der Waals surface area contributed by atoms with Crippen LogP contribution in [0.2, 0.25) is 0 Å². The number of thiophene rings is 1. The van der Waals surface area contributed by atoms with Crippen LogP contribution in [-0.4, -0.2) is 39.4 Å². The van der Waals surface area contributed by atoms with Crippen molar-refractivity contribution in [3.05, 3.63) is 56.1 Å². The average molecular weight is 545 g/mol. The maximum Gasteiger partial charge on any atom is 0.261 e. The van der Waals surface area contributed by atoms with Gasteiger partial charge >= 0.3 is 0 Å². The highest BCUT2D eigenvalue weighted by Crippen LogP contribution is 2.37. The second kappa shape index (κ2) is 9.36. The number of fused-ring (bicyclic) bond motifs is 1. The van der Waals surface area contributed by atoms with Crippen molar-refractivity contribution < 1.29 is 9.59 Å². The summed E-state index contributed by atoms with van der Waals surface area (Å²) in [5, 5.41) is 8.69. The molecule has 0 aliphatic heterocycles. The number of nitrogens with one attached hydrogen (secondary N) is 2. The minimum Gasteiger partial charge on any atom is -0.355 e. The zero-order valence-corrected chi connectivity index (χ0v) is 21.1.